The number of hydrogen-bond donors (Lipinski definition) is 3. The molecule has 144 valence electrons. The molecule has 3 N–H and O–H groups in total. The quantitative estimate of drug-likeness (QED) is 0.604. The first-order valence-electron chi connectivity index (χ1n) is 8.43. The largest absolute Gasteiger partial charge is 0.476 e. The number of thiazole rings is 1. The highest BCUT2D eigenvalue weighted by Gasteiger charge is 2.10. The molecule has 0 fully saturated rings. The molecule has 0 aliphatic rings. The fourth-order valence-corrected chi connectivity index (χ4v) is 3.04. The van der Waals surface area contributed by atoms with Crippen LogP contribution in [-0.4, -0.2) is 53.0 Å². The second-order valence-corrected chi connectivity index (χ2v) is 6.80. The van der Waals surface area contributed by atoms with Gasteiger partial charge in [-0.15, -0.1) is 11.3 Å². The predicted molar refractivity (Wildman–Crippen MR) is 102 cm³/mol. The van der Waals surface area contributed by atoms with Gasteiger partial charge >= 0.3 is 12.0 Å². The van der Waals surface area contributed by atoms with Crippen molar-refractivity contribution in [2.24, 2.45) is 0 Å². The van der Waals surface area contributed by atoms with Crippen molar-refractivity contribution in [1.29, 1.82) is 0 Å². The molecule has 0 atom stereocenters. The fourth-order valence-electron chi connectivity index (χ4n) is 2.27. The summed E-state index contributed by atoms with van der Waals surface area (Å²) in [6, 6.07) is 9.40. The summed E-state index contributed by atoms with van der Waals surface area (Å²) in [7, 11) is 1.70. The van der Waals surface area contributed by atoms with Crippen LogP contribution in [0, 0.1) is 0 Å². The number of carbonyl (C=O) groups is 3. The Kier molecular flexibility index (Phi) is 7.75. The fraction of sp³-hybridized carbons (Fsp3) is 0.333. The van der Waals surface area contributed by atoms with E-state index in [1.165, 1.54) is 16.7 Å². The number of nitrogens with one attached hydrogen (secondary N) is 2. The van der Waals surface area contributed by atoms with Crippen LogP contribution in [0.2, 0.25) is 0 Å². The minimum atomic E-state index is -1.06. The summed E-state index contributed by atoms with van der Waals surface area (Å²) in [5.41, 5.74) is 1.05. The van der Waals surface area contributed by atoms with E-state index in [9.17, 15) is 14.4 Å². The van der Waals surface area contributed by atoms with Gasteiger partial charge in [0.1, 0.15) is 0 Å². The Labute approximate surface area is 161 Å². The molecule has 0 aliphatic carbocycles. The molecule has 2 rings (SSSR count). The second kappa shape index (κ2) is 10.3. The van der Waals surface area contributed by atoms with Gasteiger partial charge in [-0.1, -0.05) is 30.3 Å². The highest BCUT2D eigenvalue weighted by molar-refractivity contribution is 7.09. The first kappa shape index (κ1) is 20.4. The van der Waals surface area contributed by atoms with E-state index in [-0.39, 0.29) is 30.6 Å². The molecule has 0 spiro atoms. The summed E-state index contributed by atoms with van der Waals surface area (Å²) < 4.78 is 0. The second-order valence-electron chi connectivity index (χ2n) is 5.86. The van der Waals surface area contributed by atoms with Crippen LogP contribution in [0.15, 0.2) is 35.7 Å². The number of hydrogen-bond acceptors (Lipinski definition) is 5. The lowest BCUT2D eigenvalue weighted by Gasteiger charge is -2.18. The number of urea groups is 1. The number of nitrogens with zero attached hydrogens (tertiary/aromatic N) is 2. The lowest BCUT2D eigenvalue weighted by molar-refractivity contribution is -0.120. The monoisotopic (exact) mass is 390 g/mol. The zero-order chi connectivity index (χ0) is 19.6. The standard InChI is InChI=1S/C18H22N4O4S/c1-22(11-13-5-3-2-4-6-13)18(26)20-9-7-15(23)19-10-8-16-21-14(12-27-16)17(24)25/h2-6,12H,7-11H2,1H3,(H,19,23)(H,20,26)(H,24,25). The van der Waals surface area contributed by atoms with E-state index in [4.69, 9.17) is 5.11 Å². The van der Waals surface area contributed by atoms with Gasteiger partial charge < -0.3 is 20.6 Å². The van der Waals surface area contributed by atoms with E-state index in [0.29, 0.717) is 24.5 Å². The minimum absolute atomic E-state index is 0.0173. The van der Waals surface area contributed by atoms with Crippen LogP contribution in [-0.2, 0) is 17.8 Å². The molecule has 0 saturated heterocycles. The van der Waals surface area contributed by atoms with Crippen molar-refractivity contribution < 1.29 is 19.5 Å². The summed E-state index contributed by atoms with van der Waals surface area (Å²) in [5, 5.41) is 16.4. The molecule has 1 heterocycles. The number of benzene rings is 1. The highest BCUT2D eigenvalue weighted by Crippen LogP contribution is 2.09. The Morgan fingerprint density at radius 1 is 1.15 bits per heavy atom. The van der Waals surface area contributed by atoms with Crippen molar-refractivity contribution in [2.45, 2.75) is 19.4 Å². The van der Waals surface area contributed by atoms with Gasteiger partial charge in [0.05, 0.1) is 5.01 Å². The molecule has 0 saturated carbocycles. The van der Waals surface area contributed by atoms with Gasteiger partial charge in [0.25, 0.3) is 0 Å². The summed E-state index contributed by atoms with van der Waals surface area (Å²) >= 11 is 1.25. The SMILES string of the molecule is CN(Cc1ccccc1)C(=O)NCCC(=O)NCCc1nc(C(=O)O)cs1. The first-order valence-corrected chi connectivity index (χ1v) is 9.31. The molecule has 0 bridgehead atoms. The third-order valence-electron chi connectivity index (χ3n) is 3.67. The molecule has 1 aromatic heterocycles. The Morgan fingerprint density at radius 3 is 2.56 bits per heavy atom. The van der Waals surface area contributed by atoms with Gasteiger partial charge in [0, 0.05) is 44.9 Å². The van der Waals surface area contributed by atoms with Crippen LogP contribution in [0.3, 0.4) is 0 Å². The summed E-state index contributed by atoms with van der Waals surface area (Å²) in [5.74, 6) is -1.24. The summed E-state index contributed by atoms with van der Waals surface area (Å²) in [6.45, 7) is 1.10. The van der Waals surface area contributed by atoms with Gasteiger partial charge in [0.15, 0.2) is 5.69 Å². The third-order valence-corrected chi connectivity index (χ3v) is 4.58. The molecule has 27 heavy (non-hydrogen) atoms. The maximum atomic E-state index is 12.0. The van der Waals surface area contributed by atoms with Crippen molar-refractivity contribution >= 4 is 29.2 Å². The van der Waals surface area contributed by atoms with Gasteiger partial charge in [-0.3, -0.25) is 4.79 Å². The van der Waals surface area contributed by atoms with E-state index >= 15 is 0 Å². The van der Waals surface area contributed by atoms with Gasteiger partial charge in [0.2, 0.25) is 5.91 Å². The van der Waals surface area contributed by atoms with Crippen LogP contribution in [0.25, 0.3) is 0 Å². The number of rotatable bonds is 9. The Hall–Kier alpha value is -2.94. The van der Waals surface area contributed by atoms with E-state index in [1.807, 2.05) is 30.3 Å². The molecule has 0 radical (unpaired) electrons. The van der Waals surface area contributed by atoms with Gasteiger partial charge in [-0.05, 0) is 5.56 Å². The van der Waals surface area contributed by atoms with E-state index < -0.39 is 5.97 Å². The molecular formula is C18H22N4O4S. The van der Waals surface area contributed by atoms with Crippen LogP contribution in [0.4, 0.5) is 4.79 Å². The number of carbonyl (C=O) groups excluding carboxylic acids is 2. The van der Waals surface area contributed by atoms with Gasteiger partial charge in [-0.2, -0.15) is 0 Å². The molecule has 1 aromatic carbocycles. The molecule has 3 amide bonds. The molecule has 2 aromatic rings. The Morgan fingerprint density at radius 2 is 1.89 bits per heavy atom. The minimum Gasteiger partial charge on any atom is -0.476 e. The van der Waals surface area contributed by atoms with Crippen molar-refractivity contribution in [3.05, 3.63) is 52.0 Å². The Balaban J connectivity index is 1.60. The topological polar surface area (TPSA) is 112 Å². The average Bonchev–Trinajstić information content (AvgIpc) is 3.11. The number of aromatic nitrogens is 1. The number of amides is 3. The molecule has 9 heteroatoms. The zero-order valence-electron chi connectivity index (χ0n) is 15.0. The average molecular weight is 390 g/mol. The van der Waals surface area contributed by atoms with Crippen LogP contribution in [0.1, 0.15) is 27.5 Å². The smallest absolute Gasteiger partial charge is 0.355 e. The van der Waals surface area contributed by atoms with Crippen molar-refractivity contribution in [3.63, 3.8) is 0 Å². The van der Waals surface area contributed by atoms with E-state index in [1.54, 1.807) is 11.9 Å². The first-order chi connectivity index (χ1) is 13.0. The number of carboxylic acids is 1. The predicted octanol–water partition coefficient (Wildman–Crippen LogP) is 1.73. The lowest BCUT2D eigenvalue weighted by Crippen LogP contribution is -2.39. The third kappa shape index (κ3) is 7.06. The normalized spacial score (nSPS) is 10.3. The number of aromatic carboxylic acids is 1. The molecule has 8 nitrogen and oxygen atoms in total. The van der Waals surface area contributed by atoms with Crippen molar-refractivity contribution in [2.75, 3.05) is 20.1 Å². The summed E-state index contributed by atoms with van der Waals surface area (Å²) in [6.07, 6.45) is 0.638. The molecule has 0 unspecified atom stereocenters. The molecular weight excluding hydrogens is 368 g/mol. The van der Waals surface area contributed by atoms with Crippen LogP contribution in [0.5, 0.6) is 0 Å². The maximum Gasteiger partial charge on any atom is 0.355 e. The maximum absolute atomic E-state index is 12.0. The zero-order valence-corrected chi connectivity index (χ0v) is 15.8. The van der Waals surface area contributed by atoms with E-state index in [2.05, 4.69) is 15.6 Å². The summed E-state index contributed by atoms with van der Waals surface area (Å²) in [4.78, 5) is 40.1. The highest BCUT2D eigenvalue weighted by atomic mass is 32.1. The van der Waals surface area contributed by atoms with Crippen LogP contribution < -0.4 is 10.6 Å². The van der Waals surface area contributed by atoms with Crippen molar-refractivity contribution in [3.8, 4) is 0 Å². The lowest BCUT2D eigenvalue weighted by atomic mass is 10.2. The van der Waals surface area contributed by atoms with Crippen molar-refractivity contribution in [1.82, 2.24) is 20.5 Å². The Bertz CT molecular complexity index is 779. The van der Waals surface area contributed by atoms with E-state index in [0.717, 1.165) is 5.56 Å². The van der Waals surface area contributed by atoms with Gasteiger partial charge in [-0.25, -0.2) is 14.6 Å². The number of carboxylic acid groups (broad SMARTS) is 1. The van der Waals surface area contributed by atoms with Crippen LogP contribution >= 0.6 is 11.3 Å². The molecule has 0 aliphatic heterocycles.